The molecule has 1 amide bonds. The third kappa shape index (κ3) is 4.50. The molecule has 0 aliphatic heterocycles. The molecule has 2 unspecified atom stereocenters. The van der Waals surface area contributed by atoms with Crippen molar-refractivity contribution in [3.8, 4) is 0 Å². The summed E-state index contributed by atoms with van der Waals surface area (Å²) in [6.45, 7) is 3.66. The summed E-state index contributed by atoms with van der Waals surface area (Å²) in [7, 11) is 1.94. The maximum absolute atomic E-state index is 12.2. The number of amides is 1. The molecular weight excluding hydrogens is 320 g/mol. The van der Waals surface area contributed by atoms with E-state index in [0.29, 0.717) is 0 Å². The zero-order chi connectivity index (χ0) is 15.4. The number of imidazole rings is 1. The third-order valence-electron chi connectivity index (χ3n) is 3.33. The number of hydrogen-bond acceptors (Lipinski definition) is 4. The molecule has 0 fully saturated rings. The van der Waals surface area contributed by atoms with Gasteiger partial charge < -0.3 is 15.6 Å². The molecule has 3 N–H and O–H groups in total. The molecule has 1 aromatic heterocycles. The van der Waals surface area contributed by atoms with Crippen LogP contribution in [0.5, 0.6) is 0 Å². The zero-order valence-corrected chi connectivity index (χ0v) is 14.4. The lowest BCUT2D eigenvalue weighted by atomic mass is 10.0. The van der Waals surface area contributed by atoms with Crippen molar-refractivity contribution in [2.75, 3.05) is 5.32 Å². The van der Waals surface area contributed by atoms with Gasteiger partial charge in [0.25, 0.3) is 0 Å². The quantitative estimate of drug-likeness (QED) is 0.877. The number of para-hydroxylation sites is 1. The van der Waals surface area contributed by atoms with Gasteiger partial charge >= 0.3 is 0 Å². The van der Waals surface area contributed by atoms with Crippen LogP contribution in [0.4, 0.5) is 5.69 Å². The molecule has 1 heterocycles. The van der Waals surface area contributed by atoms with Crippen molar-refractivity contribution in [1.82, 2.24) is 9.55 Å². The van der Waals surface area contributed by atoms with Gasteiger partial charge in [0.2, 0.25) is 5.91 Å². The summed E-state index contributed by atoms with van der Waals surface area (Å²) >= 11 is 1.52. The van der Waals surface area contributed by atoms with Gasteiger partial charge in [-0.2, -0.15) is 0 Å². The first-order chi connectivity index (χ1) is 9.99. The number of halogens is 1. The van der Waals surface area contributed by atoms with Crippen molar-refractivity contribution < 1.29 is 4.79 Å². The first-order valence-corrected chi connectivity index (χ1v) is 7.61. The second-order valence-electron chi connectivity index (χ2n) is 5.06. The average molecular weight is 341 g/mol. The number of carbonyl (C=O) groups is 1. The van der Waals surface area contributed by atoms with Gasteiger partial charge in [-0.25, -0.2) is 4.98 Å². The van der Waals surface area contributed by atoms with Crippen LogP contribution in [0, 0.1) is 5.92 Å². The normalized spacial score (nSPS) is 13.1. The van der Waals surface area contributed by atoms with Crippen molar-refractivity contribution >= 4 is 35.8 Å². The summed E-state index contributed by atoms with van der Waals surface area (Å²) in [5, 5.41) is 3.82. The first kappa shape index (κ1) is 18.5. The van der Waals surface area contributed by atoms with E-state index in [9.17, 15) is 4.79 Å². The van der Waals surface area contributed by atoms with Crippen molar-refractivity contribution in [3.05, 3.63) is 36.7 Å². The molecule has 2 aromatic rings. The van der Waals surface area contributed by atoms with Crippen molar-refractivity contribution in [2.24, 2.45) is 18.7 Å². The van der Waals surface area contributed by atoms with Crippen molar-refractivity contribution in [1.29, 1.82) is 0 Å². The zero-order valence-electron chi connectivity index (χ0n) is 12.8. The predicted octanol–water partition coefficient (Wildman–Crippen LogP) is 2.91. The molecule has 2 rings (SSSR count). The summed E-state index contributed by atoms with van der Waals surface area (Å²) in [5.41, 5.74) is 6.56. The SMILES string of the molecule is CC(N)C(C)C(=O)Nc1ccccc1Sc1nccn1C.Cl. The Morgan fingerprint density at radius 1 is 1.36 bits per heavy atom. The fourth-order valence-electron chi connectivity index (χ4n) is 1.69. The van der Waals surface area contributed by atoms with E-state index in [2.05, 4.69) is 10.3 Å². The van der Waals surface area contributed by atoms with Gasteiger partial charge in [-0.1, -0.05) is 19.1 Å². The van der Waals surface area contributed by atoms with Crippen LogP contribution in [-0.4, -0.2) is 21.5 Å². The molecule has 0 bridgehead atoms. The lowest BCUT2D eigenvalue weighted by Crippen LogP contribution is -2.34. The summed E-state index contributed by atoms with van der Waals surface area (Å²) in [6.07, 6.45) is 3.64. The van der Waals surface area contributed by atoms with Gasteiger partial charge in [0.05, 0.1) is 11.6 Å². The van der Waals surface area contributed by atoms with Gasteiger partial charge in [-0.05, 0) is 30.8 Å². The van der Waals surface area contributed by atoms with Gasteiger partial charge in [0, 0.05) is 30.4 Å². The van der Waals surface area contributed by atoms with E-state index in [-0.39, 0.29) is 30.3 Å². The number of hydrogen-bond donors (Lipinski definition) is 2. The van der Waals surface area contributed by atoms with Crippen LogP contribution in [-0.2, 0) is 11.8 Å². The molecule has 0 saturated heterocycles. The van der Waals surface area contributed by atoms with Crippen molar-refractivity contribution in [3.63, 3.8) is 0 Å². The monoisotopic (exact) mass is 340 g/mol. The molecule has 0 spiro atoms. The lowest BCUT2D eigenvalue weighted by molar-refractivity contribution is -0.119. The van der Waals surface area contributed by atoms with Gasteiger partial charge in [0.15, 0.2) is 5.16 Å². The van der Waals surface area contributed by atoms with Crippen LogP contribution in [0.3, 0.4) is 0 Å². The Hall–Kier alpha value is -1.50. The second-order valence-corrected chi connectivity index (χ2v) is 6.07. The molecule has 5 nitrogen and oxygen atoms in total. The molecule has 0 aliphatic rings. The minimum atomic E-state index is -0.240. The van der Waals surface area contributed by atoms with E-state index in [1.165, 1.54) is 11.8 Å². The highest BCUT2D eigenvalue weighted by molar-refractivity contribution is 7.99. The summed E-state index contributed by atoms with van der Waals surface area (Å²) in [5.74, 6) is -0.311. The highest BCUT2D eigenvalue weighted by Gasteiger charge is 2.18. The standard InChI is InChI=1S/C15H20N4OS.ClH/c1-10(11(2)16)14(20)18-12-6-4-5-7-13(12)21-15-17-8-9-19(15)3;/h4-11H,16H2,1-3H3,(H,18,20);1H. The minimum absolute atomic E-state index is 0. The predicted molar refractivity (Wildman–Crippen MR) is 92.5 cm³/mol. The van der Waals surface area contributed by atoms with Gasteiger partial charge in [-0.15, -0.1) is 12.4 Å². The minimum Gasteiger partial charge on any atom is -0.329 e. The van der Waals surface area contributed by atoms with E-state index >= 15 is 0 Å². The first-order valence-electron chi connectivity index (χ1n) is 6.79. The molecular formula is C15H21ClN4OS. The number of nitrogens with two attached hydrogens (primary N) is 1. The topological polar surface area (TPSA) is 72.9 Å². The highest BCUT2D eigenvalue weighted by Crippen LogP contribution is 2.32. The van der Waals surface area contributed by atoms with Crippen molar-refractivity contribution in [2.45, 2.75) is 29.9 Å². The number of aromatic nitrogens is 2. The number of benzene rings is 1. The van der Waals surface area contributed by atoms with Gasteiger partial charge in [0.1, 0.15) is 0 Å². The number of aryl methyl sites for hydroxylation is 1. The van der Waals surface area contributed by atoms with E-state index in [0.717, 1.165) is 15.7 Å². The molecule has 0 aliphatic carbocycles. The van der Waals surface area contributed by atoms with Crippen LogP contribution < -0.4 is 11.1 Å². The largest absolute Gasteiger partial charge is 0.329 e. The number of rotatable bonds is 5. The van der Waals surface area contributed by atoms with E-state index in [1.807, 2.05) is 55.9 Å². The Kier molecular flexibility index (Phi) is 6.93. The fourth-order valence-corrected chi connectivity index (χ4v) is 2.58. The Labute approximate surface area is 141 Å². The smallest absolute Gasteiger partial charge is 0.228 e. The Bertz CT molecular complexity index is 630. The maximum atomic E-state index is 12.2. The highest BCUT2D eigenvalue weighted by atomic mass is 35.5. The molecule has 0 saturated carbocycles. The summed E-state index contributed by atoms with van der Waals surface area (Å²) < 4.78 is 1.94. The Morgan fingerprint density at radius 2 is 2.05 bits per heavy atom. The lowest BCUT2D eigenvalue weighted by Gasteiger charge is -2.17. The van der Waals surface area contributed by atoms with Crippen LogP contribution in [0.15, 0.2) is 46.7 Å². The van der Waals surface area contributed by atoms with Gasteiger partial charge in [-0.3, -0.25) is 4.79 Å². The summed E-state index contributed by atoms with van der Waals surface area (Å²) in [6, 6.07) is 7.51. The third-order valence-corrected chi connectivity index (χ3v) is 4.48. The molecule has 7 heteroatoms. The fraction of sp³-hybridized carbons (Fsp3) is 0.333. The second kappa shape index (κ2) is 8.22. The molecule has 1 aromatic carbocycles. The number of anilines is 1. The van der Waals surface area contributed by atoms with Crippen LogP contribution in [0.1, 0.15) is 13.8 Å². The summed E-state index contributed by atoms with van der Waals surface area (Å²) in [4.78, 5) is 17.4. The maximum Gasteiger partial charge on any atom is 0.228 e. The average Bonchev–Trinajstić information content (AvgIpc) is 2.85. The van der Waals surface area contributed by atoms with E-state index in [1.54, 1.807) is 6.20 Å². The van der Waals surface area contributed by atoms with E-state index < -0.39 is 0 Å². The van der Waals surface area contributed by atoms with Crippen LogP contribution in [0.25, 0.3) is 0 Å². The molecule has 120 valence electrons. The number of nitrogens with one attached hydrogen (secondary N) is 1. The molecule has 0 radical (unpaired) electrons. The molecule has 2 atom stereocenters. The number of nitrogens with zero attached hydrogens (tertiary/aromatic N) is 2. The molecule has 22 heavy (non-hydrogen) atoms. The Morgan fingerprint density at radius 3 is 2.64 bits per heavy atom. The Balaban J connectivity index is 0.00000242. The van der Waals surface area contributed by atoms with E-state index in [4.69, 9.17) is 5.73 Å². The van der Waals surface area contributed by atoms with Crippen LogP contribution in [0.2, 0.25) is 0 Å². The van der Waals surface area contributed by atoms with Crippen LogP contribution >= 0.6 is 24.2 Å². The number of carbonyl (C=O) groups excluding carboxylic acids is 1.